The van der Waals surface area contributed by atoms with Gasteiger partial charge in [-0.1, -0.05) is 0 Å². The van der Waals surface area contributed by atoms with Crippen LogP contribution in [0.2, 0.25) is 0 Å². The van der Waals surface area contributed by atoms with E-state index in [1.165, 1.54) is 12.1 Å². The van der Waals surface area contributed by atoms with E-state index in [1.807, 2.05) is 6.92 Å². The first-order valence-electron chi connectivity index (χ1n) is 6.25. The summed E-state index contributed by atoms with van der Waals surface area (Å²) in [5, 5.41) is 11.7. The summed E-state index contributed by atoms with van der Waals surface area (Å²) in [5.41, 5.74) is 1.24. The van der Waals surface area contributed by atoms with E-state index >= 15 is 0 Å². The Morgan fingerprint density at radius 3 is 2.58 bits per heavy atom. The minimum atomic E-state index is -1.03. The Hall–Kier alpha value is -1.88. The molecule has 5 heteroatoms. The third kappa shape index (κ3) is 5.09. The predicted molar refractivity (Wildman–Crippen MR) is 71.6 cm³/mol. The van der Waals surface area contributed by atoms with E-state index in [0.29, 0.717) is 25.3 Å². The normalized spacial score (nSPS) is 10.2. The maximum atomic E-state index is 11.9. The van der Waals surface area contributed by atoms with Gasteiger partial charge < -0.3 is 15.2 Å². The van der Waals surface area contributed by atoms with E-state index < -0.39 is 5.97 Å². The lowest BCUT2D eigenvalue weighted by Crippen LogP contribution is -2.25. The van der Waals surface area contributed by atoms with Gasteiger partial charge in [0, 0.05) is 25.3 Å². The highest BCUT2D eigenvalue weighted by Gasteiger charge is 2.10. The molecule has 1 rings (SSSR count). The van der Waals surface area contributed by atoms with Gasteiger partial charge in [-0.3, -0.25) is 4.79 Å². The summed E-state index contributed by atoms with van der Waals surface area (Å²) in [6.07, 6.45) is 0.733. The number of carbonyl (C=O) groups excluding carboxylic acids is 1. The van der Waals surface area contributed by atoms with Gasteiger partial charge in [0.25, 0.3) is 5.91 Å². The fourth-order valence-electron chi connectivity index (χ4n) is 1.66. The van der Waals surface area contributed by atoms with Crippen molar-refractivity contribution >= 4 is 11.9 Å². The second-order valence-corrected chi connectivity index (χ2v) is 4.20. The number of aryl methyl sites for hydroxylation is 1. The number of hydrogen-bond donors (Lipinski definition) is 2. The Balaban J connectivity index is 2.59. The number of aromatic carboxylic acids is 1. The Morgan fingerprint density at radius 2 is 1.95 bits per heavy atom. The average molecular weight is 265 g/mol. The Morgan fingerprint density at radius 1 is 1.26 bits per heavy atom. The van der Waals surface area contributed by atoms with Crippen LogP contribution < -0.4 is 5.32 Å². The first kappa shape index (κ1) is 15.2. The van der Waals surface area contributed by atoms with Gasteiger partial charge >= 0.3 is 5.97 Å². The van der Waals surface area contributed by atoms with Crippen LogP contribution in [0.1, 0.15) is 39.6 Å². The lowest BCUT2D eigenvalue weighted by atomic mass is 10.1. The zero-order valence-electron chi connectivity index (χ0n) is 11.2. The first-order valence-corrected chi connectivity index (χ1v) is 6.25. The molecule has 0 unspecified atom stereocenters. The van der Waals surface area contributed by atoms with Crippen LogP contribution in [0.15, 0.2) is 18.2 Å². The average Bonchev–Trinajstić information content (AvgIpc) is 2.37. The van der Waals surface area contributed by atoms with Gasteiger partial charge in [0.05, 0.1) is 5.56 Å². The molecular formula is C14H19NO4. The van der Waals surface area contributed by atoms with Crippen molar-refractivity contribution in [3.8, 4) is 0 Å². The number of benzene rings is 1. The van der Waals surface area contributed by atoms with E-state index in [4.69, 9.17) is 9.84 Å². The van der Waals surface area contributed by atoms with Gasteiger partial charge in [0.15, 0.2) is 0 Å². The molecule has 0 heterocycles. The van der Waals surface area contributed by atoms with Crippen molar-refractivity contribution in [3.63, 3.8) is 0 Å². The summed E-state index contributed by atoms with van der Waals surface area (Å²) in [7, 11) is 0. The molecule has 19 heavy (non-hydrogen) atoms. The number of hydrogen-bond acceptors (Lipinski definition) is 3. The Bertz CT molecular complexity index is 457. The number of rotatable bonds is 7. The fourth-order valence-corrected chi connectivity index (χ4v) is 1.66. The van der Waals surface area contributed by atoms with E-state index in [1.54, 1.807) is 13.0 Å². The zero-order valence-corrected chi connectivity index (χ0v) is 11.2. The van der Waals surface area contributed by atoms with E-state index in [2.05, 4.69) is 5.32 Å². The molecule has 0 aromatic heterocycles. The molecule has 0 spiro atoms. The minimum absolute atomic E-state index is 0.125. The van der Waals surface area contributed by atoms with Crippen molar-refractivity contribution in [2.45, 2.75) is 20.3 Å². The summed E-state index contributed by atoms with van der Waals surface area (Å²) in [5.74, 6) is -1.29. The summed E-state index contributed by atoms with van der Waals surface area (Å²) in [6.45, 7) is 5.45. The third-order valence-corrected chi connectivity index (χ3v) is 2.54. The summed E-state index contributed by atoms with van der Waals surface area (Å²) < 4.78 is 5.16. The molecule has 0 radical (unpaired) electrons. The van der Waals surface area contributed by atoms with Crippen molar-refractivity contribution in [3.05, 3.63) is 34.9 Å². The van der Waals surface area contributed by atoms with Crippen LogP contribution in [0.3, 0.4) is 0 Å². The van der Waals surface area contributed by atoms with Crippen molar-refractivity contribution in [1.29, 1.82) is 0 Å². The highest BCUT2D eigenvalue weighted by Crippen LogP contribution is 2.10. The third-order valence-electron chi connectivity index (χ3n) is 2.54. The van der Waals surface area contributed by atoms with E-state index in [0.717, 1.165) is 12.0 Å². The predicted octanol–water partition coefficient (Wildman–Crippen LogP) is 1.85. The highest BCUT2D eigenvalue weighted by atomic mass is 16.5. The number of nitrogens with one attached hydrogen (secondary N) is 1. The summed E-state index contributed by atoms with van der Waals surface area (Å²) >= 11 is 0. The number of ether oxygens (including phenoxy) is 1. The topological polar surface area (TPSA) is 75.6 Å². The maximum Gasteiger partial charge on any atom is 0.335 e. The lowest BCUT2D eigenvalue weighted by molar-refractivity contribution is 0.0696. The maximum absolute atomic E-state index is 11.9. The number of amides is 1. The van der Waals surface area contributed by atoms with Gasteiger partial charge in [-0.25, -0.2) is 4.79 Å². The molecule has 104 valence electrons. The van der Waals surface area contributed by atoms with Crippen LogP contribution in [0.5, 0.6) is 0 Å². The van der Waals surface area contributed by atoms with Gasteiger partial charge in [-0.15, -0.1) is 0 Å². The minimum Gasteiger partial charge on any atom is -0.478 e. The molecule has 0 saturated carbocycles. The number of carbonyl (C=O) groups is 2. The monoisotopic (exact) mass is 265 g/mol. The van der Waals surface area contributed by atoms with Gasteiger partial charge in [0.2, 0.25) is 0 Å². The number of carboxylic acid groups (broad SMARTS) is 1. The Labute approximate surface area is 112 Å². The fraction of sp³-hybridized carbons (Fsp3) is 0.429. The molecule has 0 aliphatic carbocycles. The summed E-state index contributed by atoms with van der Waals surface area (Å²) in [4.78, 5) is 22.8. The largest absolute Gasteiger partial charge is 0.478 e. The SMILES string of the molecule is CCOCCCNC(=O)c1cc(C)cc(C(=O)O)c1. The van der Waals surface area contributed by atoms with Crippen molar-refractivity contribution < 1.29 is 19.4 Å². The zero-order chi connectivity index (χ0) is 14.3. The van der Waals surface area contributed by atoms with Crippen molar-refractivity contribution in [2.75, 3.05) is 19.8 Å². The molecule has 0 fully saturated rings. The molecule has 0 aliphatic heterocycles. The smallest absolute Gasteiger partial charge is 0.335 e. The standard InChI is InChI=1S/C14H19NO4/c1-3-19-6-4-5-15-13(16)11-7-10(2)8-12(9-11)14(17)18/h7-9H,3-6H2,1-2H3,(H,15,16)(H,17,18). The van der Waals surface area contributed by atoms with Crippen molar-refractivity contribution in [1.82, 2.24) is 5.32 Å². The van der Waals surface area contributed by atoms with Crippen LogP contribution >= 0.6 is 0 Å². The highest BCUT2D eigenvalue weighted by molar-refractivity contribution is 5.97. The molecule has 1 aromatic carbocycles. The lowest BCUT2D eigenvalue weighted by Gasteiger charge is -2.07. The van der Waals surface area contributed by atoms with Crippen LogP contribution in [-0.4, -0.2) is 36.7 Å². The molecule has 0 atom stereocenters. The van der Waals surface area contributed by atoms with E-state index in [9.17, 15) is 9.59 Å². The van der Waals surface area contributed by atoms with E-state index in [-0.39, 0.29) is 11.5 Å². The quantitative estimate of drug-likeness (QED) is 0.738. The molecule has 0 saturated heterocycles. The van der Waals surface area contributed by atoms with Crippen LogP contribution in [-0.2, 0) is 4.74 Å². The van der Waals surface area contributed by atoms with Gasteiger partial charge in [-0.2, -0.15) is 0 Å². The molecule has 0 bridgehead atoms. The molecular weight excluding hydrogens is 246 g/mol. The molecule has 2 N–H and O–H groups in total. The molecule has 1 amide bonds. The van der Waals surface area contributed by atoms with Crippen LogP contribution in [0, 0.1) is 6.92 Å². The summed E-state index contributed by atoms with van der Waals surface area (Å²) in [6, 6.07) is 4.59. The van der Waals surface area contributed by atoms with Crippen LogP contribution in [0.25, 0.3) is 0 Å². The molecule has 1 aromatic rings. The van der Waals surface area contributed by atoms with Crippen LogP contribution in [0.4, 0.5) is 0 Å². The second kappa shape index (κ2) is 7.53. The van der Waals surface area contributed by atoms with Gasteiger partial charge in [-0.05, 0) is 44.0 Å². The van der Waals surface area contributed by atoms with Crippen molar-refractivity contribution in [2.24, 2.45) is 0 Å². The Kier molecular flexibility index (Phi) is 6.02. The molecule has 0 aliphatic rings. The second-order valence-electron chi connectivity index (χ2n) is 4.20. The number of carboxylic acids is 1. The first-order chi connectivity index (χ1) is 9.04. The van der Waals surface area contributed by atoms with Gasteiger partial charge in [0.1, 0.15) is 0 Å². The molecule has 5 nitrogen and oxygen atoms in total.